The number of ketones is 2. The third-order valence-electron chi connectivity index (χ3n) is 6.22. The zero-order valence-electron chi connectivity index (χ0n) is 21.2. The number of hydrogen-bond donors (Lipinski definition) is 2. The Balaban J connectivity index is 1.17. The maximum absolute atomic E-state index is 12.6. The van der Waals surface area contributed by atoms with Crippen LogP contribution in [-0.4, -0.2) is 41.3 Å². The van der Waals surface area contributed by atoms with E-state index in [4.69, 9.17) is 9.47 Å². The van der Waals surface area contributed by atoms with Crippen molar-refractivity contribution in [2.45, 2.75) is 26.1 Å². The molecule has 0 unspecified atom stereocenters. The summed E-state index contributed by atoms with van der Waals surface area (Å²) in [4.78, 5) is 25.2. The largest absolute Gasteiger partial charge is 0.507 e. The van der Waals surface area contributed by atoms with Gasteiger partial charge in [-0.05, 0) is 55.2 Å². The Kier molecular flexibility index (Phi) is 9.03. The van der Waals surface area contributed by atoms with Crippen LogP contribution in [-0.2, 0) is 22.3 Å². The van der Waals surface area contributed by atoms with Gasteiger partial charge in [-0.3, -0.25) is 9.59 Å². The van der Waals surface area contributed by atoms with Gasteiger partial charge in [-0.15, -0.1) is 0 Å². The van der Waals surface area contributed by atoms with Crippen molar-refractivity contribution in [3.8, 4) is 11.5 Å². The molecule has 0 aliphatic carbocycles. The number of rotatable bonds is 12. The van der Waals surface area contributed by atoms with E-state index in [2.05, 4.69) is 0 Å². The number of aromatic hydroxyl groups is 2. The van der Waals surface area contributed by atoms with Crippen molar-refractivity contribution in [2.75, 3.05) is 13.2 Å². The molecular formula is C32H30O6. The summed E-state index contributed by atoms with van der Waals surface area (Å²) < 4.78 is 11.5. The van der Waals surface area contributed by atoms with Gasteiger partial charge in [0.15, 0.2) is 17.9 Å². The van der Waals surface area contributed by atoms with Crippen LogP contribution in [0.15, 0.2) is 97.1 Å². The van der Waals surface area contributed by atoms with Crippen LogP contribution in [0.2, 0.25) is 0 Å². The minimum absolute atomic E-state index is 0.0275. The van der Waals surface area contributed by atoms with Gasteiger partial charge in [-0.2, -0.15) is 0 Å². The van der Waals surface area contributed by atoms with Gasteiger partial charge in [-0.25, -0.2) is 0 Å². The lowest BCUT2D eigenvalue weighted by molar-refractivity contribution is -0.128. The maximum atomic E-state index is 12.6. The van der Waals surface area contributed by atoms with Crippen molar-refractivity contribution in [1.29, 1.82) is 0 Å². The highest BCUT2D eigenvalue weighted by Gasteiger charge is 2.14. The van der Waals surface area contributed by atoms with E-state index in [0.717, 1.165) is 11.1 Å². The van der Waals surface area contributed by atoms with Gasteiger partial charge in [0, 0.05) is 11.1 Å². The molecule has 0 aliphatic rings. The Morgan fingerprint density at radius 1 is 0.605 bits per heavy atom. The Morgan fingerprint density at radius 3 is 1.34 bits per heavy atom. The zero-order chi connectivity index (χ0) is 26.9. The summed E-state index contributed by atoms with van der Waals surface area (Å²) >= 11 is 0. The van der Waals surface area contributed by atoms with Gasteiger partial charge in [0.25, 0.3) is 0 Å². The van der Waals surface area contributed by atoms with E-state index in [1.54, 1.807) is 60.7 Å². The Bertz CT molecular complexity index is 1270. The first-order chi connectivity index (χ1) is 18.4. The molecule has 6 nitrogen and oxygen atoms in total. The molecule has 0 fully saturated rings. The van der Waals surface area contributed by atoms with Crippen LogP contribution in [0, 0.1) is 0 Å². The van der Waals surface area contributed by atoms with E-state index >= 15 is 0 Å². The second-order valence-electron chi connectivity index (χ2n) is 8.90. The molecule has 4 aromatic carbocycles. The molecule has 0 radical (unpaired) electrons. The van der Waals surface area contributed by atoms with Crippen LogP contribution < -0.4 is 0 Å². The molecule has 4 aromatic rings. The molecule has 0 bridgehead atoms. The highest BCUT2D eigenvalue weighted by atomic mass is 16.7. The van der Waals surface area contributed by atoms with Gasteiger partial charge in [-0.1, -0.05) is 72.8 Å². The Hall–Kier alpha value is -4.26. The van der Waals surface area contributed by atoms with Gasteiger partial charge < -0.3 is 19.7 Å². The highest BCUT2D eigenvalue weighted by molar-refractivity contribution is 6.11. The molecule has 4 rings (SSSR count). The van der Waals surface area contributed by atoms with E-state index in [-0.39, 0.29) is 40.5 Å². The summed E-state index contributed by atoms with van der Waals surface area (Å²) in [6, 6.07) is 27.6. The SMILES string of the molecule is CC(OCCc1ccc(C(=O)c2ccccc2O)cc1)OCCc1ccc(C(=O)c2ccccc2O)cc1. The predicted molar refractivity (Wildman–Crippen MR) is 145 cm³/mol. The van der Waals surface area contributed by atoms with E-state index in [9.17, 15) is 19.8 Å². The normalized spacial score (nSPS) is 11.0. The molecule has 2 N–H and O–H groups in total. The molecule has 0 aromatic heterocycles. The first-order valence-corrected chi connectivity index (χ1v) is 12.5. The fraction of sp³-hybridized carbons (Fsp3) is 0.188. The van der Waals surface area contributed by atoms with Gasteiger partial charge in [0.2, 0.25) is 0 Å². The summed E-state index contributed by atoms with van der Waals surface area (Å²) in [6.07, 6.45) is 0.968. The van der Waals surface area contributed by atoms with Crippen LogP contribution in [0.5, 0.6) is 11.5 Å². The summed E-state index contributed by atoms with van der Waals surface area (Å²) in [6.45, 7) is 2.79. The van der Waals surface area contributed by atoms with E-state index in [1.165, 1.54) is 12.1 Å². The standard InChI is InChI=1S/C32H30O6/c1-22(37-20-18-23-10-14-25(15-11-23)31(35)27-6-2-4-8-29(27)33)38-21-19-24-12-16-26(17-13-24)32(36)28-7-3-5-9-30(28)34/h2-17,22,33-34H,18-21H2,1H3. The van der Waals surface area contributed by atoms with Crippen molar-refractivity contribution < 1.29 is 29.3 Å². The molecule has 0 aliphatic heterocycles. The Morgan fingerprint density at radius 2 is 0.974 bits per heavy atom. The first-order valence-electron chi connectivity index (χ1n) is 12.5. The van der Waals surface area contributed by atoms with Gasteiger partial charge >= 0.3 is 0 Å². The van der Waals surface area contributed by atoms with Crippen LogP contribution in [0.4, 0.5) is 0 Å². The van der Waals surface area contributed by atoms with E-state index < -0.39 is 0 Å². The van der Waals surface area contributed by atoms with E-state index in [1.807, 2.05) is 31.2 Å². The fourth-order valence-electron chi connectivity index (χ4n) is 4.02. The lowest BCUT2D eigenvalue weighted by atomic mass is 10.0. The number of phenols is 2. The fourth-order valence-corrected chi connectivity index (χ4v) is 4.02. The molecule has 0 amide bonds. The van der Waals surface area contributed by atoms with Crippen molar-refractivity contribution >= 4 is 11.6 Å². The number of hydrogen-bond acceptors (Lipinski definition) is 6. The summed E-state index contributed by atoms with van der Waals surface area (Å²) in [7, 11) is 0. The molecule has 0 spiro atoms. The second kappa shape index (κ2) is 12.8. The summed E-state index contributed by atoms with van der Waals surface area (Å²) in [5.41, 5.74) is 3.67. The third-order valence-corrected chi connectivity index (χ3v) is 6.22. The average Bonchev–Trinajstić information content (AvgIpc) is 2.94. The van der Waals surface area contributed by atoms with Crippen LogP contribution >= 0.6 is 0 Å². The number of benzene rings is 4. The quantitative estimate of drug-likeness (QED) is 0.187. The van der Waals surface area contributed by atoms with Crippen molar-refractivity contribution in [1.82, 2.24) is 0 Å². The van der Waals surface area contributed by atoms with Crippen LogP contribution in [0.1, 0.15) is 49.9 Å². The zero-order valence-corrected chi connectivity index (χ0v) is 21.2. The minimum Gasteiger partial charge on any atom is -0.507 e. The van der Waals surface area contributed by atoms with Crippen molar-refractivity contribution in [2.24, 2.45) is 0 Å². The second-order valence-corrected chi connectivity index (χ2v) is 8.90. The van der Waals surface area contributed by atoms with E-state index in [0.29, 0.717) is 37.2 Å². The van der Waals surface area contributed by atoms with Crippen molar-refractivity contribution in [3.05, 3.63) is 130 Å². The maximum Gasteiger partial charge on any atom is 0.196 e. The monoisotopic (exact) mass is 510 g/mol. The molecule has 194 valence electrons. The smallest absolute Gasteiger partial charge is 0.196 e. The highest BCUT2D eigenvalue weighted by Crippen LogP contribution is 2.21. The summed E-state index contributed by atoms with van der Waals surface area (Å²) in [5.74, 6) is -0.491. The molecule has 0 saturated carbocycles. The topological polar surface area (TPSA) is 93.1 Å². The predicted octanol–water partition coefficient (Wildman–Crippen LogP) is 5.72. The molecule has 0 atom stereocenters. The minimum atomic E-state index is -0.376. The number of phenolic OH excluding ortho intramolecular Hbond substituents is 2. The number of ether oxygens (including phenoxy) is 2. The van der Waals surface area contributed by atoms with Gasteiger partial charge in [0.05, 0.1) is 24.3 Å². The van der Waals surface area contributed by atoms with Gasteiger partial charge in [0.1, 0.15) is 11.5 Å². The first kappa shape index (κ1) is 26.8. The molecule has 6 heteroatoms. The average molecular weight is 511 g/mol. The third kappa shape index (κ3) is 6.94. The lowest BCUT2D eigenvalue weighted by Crippen LogP contribution is -2.16. The lowest BCUT2D eigenvalue weighted by Gasteiger charge is -2.14. The number of carbonyl (C=O) groups excluding carboxylic acids is 2. The molecule has 0 heterocycles. The molecule has 38 heavy (non-hydrogen) atoms. The Labute approximate surface area is 222 Å². The molecule has 0 saturated heterocycles. The number of para-hydroxylation sites is 2. The summed E-state index contributed by atoms with van der Waals surface area (Å²) in [5, 5.41) is 19.8. The molecular weight excluding hydrogens is 480 g/mol. The number of carbonyl (C=O) groups is 2. The van der Waals surface area contributed by atoms with Crippen LogP contribution in [0.25, 0.3) is 0 Å². The van der Waals surface area contributed by atoms with Crippen molar-refractivity contribution in [3.63, 3.8) is 0 Å². The van der Waals surface area contributed by atoms with Crippen LogP contribution in [0.3, 0.4) is 0 Å².